The number of methoxy groups -OCH3 is 1. The number of aliphatic hydroxyl groups excluding tert-OH is 3. The molecular formula is C27H49N5O12. The minimum atomic E-state index is -1.82. The molecule has 2 heterocycles. The lowest BCUT2D eigenvalue weighted by molar-refractivity contribution is -0.293. The SMILES string of the molecule is CCCNNC(=O)CCCCC(=O)NNC(=O)C1OC(OC2C(NC(C)=O)C(C)OCC2(O)CCO)C(O)CC(O)C1OC. The van der Waals surface area contributed by atoms with E-state index in [0.717, 1.165) is 6.42 Å². The van der Waals surface area contributed by atoms with Gasteiger partial charge in [-0.2, -0.15) is 0 Å². The van der Waals surface area contributed by atoms with Crippen LogP contribution in [0.5, 0.6) is 0 Å². The Bertz CT molecular complexity index is 945. The molecule has 9 unspecified atom stereocenters. The average Bonchev–Trinajstić information content (AvgIpc) is 3.08. The summed E-state index contributed by atoms with van der Waals surface area (Å²) < 4.78 is 22.8. The van der Waals surface area contributed by atoms with E-state index in [9.17, 15) is 39.6 Å². The molecule has 9 N–H and O–H groups in total. The number of aliphatic hydroxyl groups is 4. The van der Waals surface area contributed by atoms with E-state index in [1.807, 2.05) is 6.92 Å². The van der Waals surface area contributed by atoms with Crippen LogP contribution in [0.25, 0.3) is 0 Å². The van der Waals surface area contributed by atoms with Crippen LogP contribution >= 0.6 is 0 Å². The number of nitrogens with one attached hydrogen (secondary N) is 5. The predicted molar refractivity (Wildman–Crippen MR) is 152 cm³/mol. The largest absolute Gasteiger partial charge is 0.396 e. The van der Waals surface area contributed by atoms with Crippen molar-refractivity contribution in [2.45, 2.75) is 120 Å². The van der Waals surface area contributed by atoms with Crippen LogP contribution in [0.3, 0.4) is 0 Å². The van der Waals surface area contributed by atoms with Crippen LogP contribution < -0.4 is 27.0 Å². The highest BCUT2D eigenvalue weighted by Crippen LogP contribution is 2.33. The van der Waals surface area contributed by atoms with Crippen LogP contribution in [0.4, 0.5) is 0 Å². The van der Waals surface area contributed by atoms with Crippen molar-refractivity contribution in [2.24, 2.45) is 0 Å². The summed E-state index contributed by atoms with van der Waals surface area (Å²) in [6.45, 7) is 4.79. The minimum absolute atomic E-state index is 0.0121. The van der Waals surface area contributed by atoms with Gasteiger partial charge in [-0.3, -0.25) is 35.5 Å². The third-order valence-electron chi connectivity index (χ3n) is 7.42. The summed E-state index contributed by atoms with van der Waals surface area (Å²) in [6.07, 6.45) is -7.99. The first-order chi connectivity index (χ1) is 20.9. The number of hydrazine groups is 2. The van der Waals surface area contributed by atoms with Gasteiger partial charge in [-0.15, -0.1) is 0 Å². The molecule has 0 saturated carbocycles. The van der Waals surface area contributed by atoms with Crippen LogP contribution in [-0.2, 0) is 38.1 Å². The number of carbonyl (C=O) groups is 4. The van der Waals surface area contributed by atoms with E-state index >= 15 is 0 Å². The third-order valence-corrected chi connectivity index (χ3v) is 7.42. The zero-order valence-electron chi connectivity index (χ0n) is 25.7. The van der Waals surface area contributed by atoms with E-state index in [4.69, 9.17) is 18.9 Å². The summed E-state index contributed by atoms with van der Waals surface area (Å²) in [5.74, 6) is -2.11. The smallest absolute Gasteiger partial charge is 0.270 e. The lowest BCUT2D eigenvalue weighted by atomic mass is 9.84. The summed E-state index contributed by atoms with van der Waals surface area (Å²) in [5.41, 5.74) is 8.00. The summed E-state index contributed by atoms with van der Waals surface area (Å²) >= 11 is 0. The molecule has 254 valence electrons. The molecule has 0 spiro atoms. The van der Waals surface area contributed by atoms with E-state index < -0.39 is 78.9 Å². The maximum absolute atomic E-state index is 13.2. The quantitative estimate of drug-likeness (QED) is 0.0644. The van der Waals surface area contributed by atoms with Gasteiger partial charge in [-0.05, 0) is 26.2 Å². The number of unbranched alkanes of at least 4 members (excludes halogenated alkanes) is 1. The molecule has 0 aromatic rings. The number of rotatable bonds is 15. The topological polar surface area (TPSA) is 246 Å². The Morgan fingerprint density at radius 3 is 2.27 bits per heavy atom. The summed E-state index contributed by atoms with van der Waals surface area (Å²) in [5, 5.41) is 45.2. The standard InChI is InChI=1S/C27H49N5O12/c1-5-11-28-30-19(37)8-6-7-9-20(38)31-32-25(39)23-22(41-4)17(35)13-18(36)26(43-23)44-24-21(29-16(3)34)15(2)42-14-27(24,40)10-12-33/h15,17-18,21-24,26,28,33,35-36,40H,5-14H2,1-4H3,(H,29,34)(H,30,37)(H,31,38)(H,32,39). The molecule has 2 saturated heterocycles. The molecule has 2 fully saturated rings. The maximum Gasteiger partial charge on any atom is 0.270 e. The molecule has 17 heteroatoms. The number of hydrogen-bond acceptors (Lipinski definition) is 13. The van der Waals surface area contributed by atoms with Crippen molar-refractivity contribution in [3.63, 3.8) is 0 Å². The molecule has 4 amide bonds. The fraction of sp³-hybridized carbons (Fsp3) is 0.852. The third kappa shape index (κ3) is 11.1. The van der Waals surface area contributed by atoms with Crippen molar-refractivity contribution in [2.75, 3.05) is 26.9 Å². The van der Waals surface area contributed by atoms with Crippen LogP contribution in [-0.4, -0.2) is 125 Å². The lowest BCUT2D eigenvalue weighted by Crippen LogP contribution is -2.67. The van der Waals surface area contributed by atoms with Crippen molar-refractivity contribution in [3.05, 3.63) is 0 Å². The van der Waals surface area contributed by atoms with Crippen LogP contribution in [0.2, 0.25) is 0 Å². The Morgan fingerprint density at radius 1 is 1.02 bits per heavy atom. The molecule has 0 radical (unpaired) electrons. The first-order valence-corrected chi connectivity index (χ1v) is 14.9. The summed E-state index contributed by atoms with van der Waals surface area (Å²) in [4.78, 5) is 49.2. The first-order valence-electron chi connectivity index (χ1n) is 14.9. The highest BCUT2D eigenvalue weighted by Gasteiger charge is 2.52. The van der Waals surface area contributed by atoms with Crippen molar-refractivity contribution in [1.82, 2.24) is 27.0 Å². The van der Waals surface area contributed by atoms with Gasteiger partial charge in [0.15, 0.2) is 12.4 Å². The van der Waals surface area contributed by atoms with Gasteiger partial charge < -0.3 is 44.7 Å². The van der Waals surface area contributed by atoms with Gasteiger partial charge in [0.05, 0.1) is 24.9 Å². The highest BCUT2D eigenvalue weighted by atomic mass is 16.7. The number of ether oxygens (including phenoxy) is 4. The van der Waals surface area contributed by atoms with E-state index in [2.05, 4.69) is 27.0 Å². The normalized spacial score (nSPS) is 32.3. The molecule has 0 aliphatic carbocycles. The van der Waals surface area contributed by atoms with Gasteiger partial charge >= 0.3 is 0 Å². The number of carbonyl (C=O) groups excluding carboxylic acids is 4. The Kier molecular flexibility index (Phi) is 15.8. The van der Waals surface area contributed by atoms with Gasteiger partial charge in [0.1, 0.15) is 23.9 Å². The molecule has 0 bridgehead atoms. The van der Waals surface area contributed by atoms with Crippen LogP contribution in [0, 0.1) is 0 Å². The zero-order valence-corrected chi connectivity index (χ0v) is 25.7. The van der Waals surface area contributed by atoms with Crippen molar-refractivity contribution in [3.8, 4) is 0 Å². The average molecular weight is 636 g/mol. The second kappa shape index (κ2) is 18.5. The Balaban J connectivity index is 2.08. The van der Waals surface area contributed by atoms with Crippen molar-refractivity contribution in [1.29, 1.82) is 0 Å². The molecular weight excluding hydrogens is 586 g/mol. The summed E-state index contributed by atoms with van der Waals surface area (Å²) in [6, 6.07) is -0.940. The molecule has 2 aliphatic rings. The van der Waals surface area contributed by atoms with Gasteiger partial charge in [0.25, 0.3) is 5.91 Å². The van der Waals surface area contributed by atoms with Crippen molar-refractivity contribution >= 4 is 23.6 Å². The van der Waals surface area contributed by atoms with Gasteiger partial charge in [-0.1, -0.05) is 6.92 Å². The molecule has 2 rings (SSSR count). The fourth-order valence-electron chi connectivity index (χ4n) is 5.04. The van der Waals surface area contributed by atoms with Crippen molar-refractivity contribution < 1.29 is 58.6 Å². The second-order valence-corrected chi connectivity index (χ2v) is 11.1. The second-order valence-electron chi connectivity index (χ2n) is 11.1. The van der Waals surface area contributed by atoms with E-state index in [1.54, 1.807) is 6.92 Å². The molecule has 44 heavy (non-hydrogen) atoms. The van der Waals surface area contributed by atoms with Crippen LogP contribution in [0.15, 0.2) is 0 Å². The van der Waals surface area contributed by atoms with E-state index in [1.165, 1.54) is 14.0 Å². The molecule has 2 aliphatic heterocycles. The maximum atomic E-state index is 13.2. The zero-order chi connectivity index (χ0) is 32.9. The Labute approximate surface area is 256 Å². The molecule has 0 aromatic carbocycles. The summed E-state index contributed by atoms with van der Waals surface area (Å²) in [7, 11) is 1.23. The Hall–Kier alpha value is -2.48. The fourth-order valence-corrected chi connectivity index (χ4v) is 5.04. The highest BCUT2D eigenvalue weighted by molar-refractivity contribution is 5.85. The minimum Gasteiger partial charge on any atom is -0.396 e. The van der Waals surface area contributed by atoms with E-state index in [-0.39, 0.29) is 38.2 Å². The number of hydrogen-bond donors (Lipinski definition) is 9. The molecule has 9 atom stereocenters. The monoisotopic (exact) mass is 635 g/mol. The first kappa shape index (κ1) is 37.7. The predicted octanol–water partition coefficient (Wildman–Crippen LogP) is -3.00. The van der Waals surface area contributed by atoms with Gasteiger partial charge in [-0.25, -0.2) is 5.43 Å². The molecule has 0 aromatic heterocycles. The number of amides is 4. The van der Waals surface area contributed by atoms with Crippen LogP contribution in [0.1, 0.15) is 65.7 Å². The Morgan fingerprint density at radius 2 is 1.68 bits per heavy atom. The van der Waals surface area contributed by atoms with E-state index in [0.29, 0.717) is 19.4 Å². The lowest BCUT2D eigenvalue weighted by Gasteiger charge is -2.48. The van der Waals surface area contributed by atoms with Gasteiger partial charge in [0, 0.05) is 52.9 Å². The molecule has 17 nitrogen and oxygen atoms in total. The van der Waals surface area contributed by atoms with Gasteiger partial charge in [0.2, 0.25) is 17.7 Å².